The molecule has 0 spiro atoms. The average Bonchev–Trinajstić information content (AvgIpc) is 2.64. The molecule has 2 unspecified atom stereocenters. The van der Waals surface area contributed by atoms with E-state index in [2.05, 4.69) is 40.5 Å². The molecule has 2 aliphatic rings. The number of benzene rings is 1. The lowest BCUT2D eigenvalue weighted by atomic mass is 10.0. The van der Waals surface area contributed by atoms with Crippen molar-refractivity contribution in [3.63, 3.8) is 0 Å². The fourth-order valence-electron chi connectivity index (χ4n) is 3.23. The van der Waals surface area contributed by atoms with Crippen LogP contribution >= 0.6 is 0 Å². The van der Waals surface area contributed by atoms with Crippen LogP contribution in [-0.2, 0) is 11.3 Å². The summed E-state index contributed by atoms with van der Waals surface area (Å²) in [5, 5.41) is 3.18. The minimum absolute atomic E-state index is 0.240. The van der Waals surface area contributed by atoms with Gasteiger partial charge in [0.15, 0.2) is 0 Å². The summed E-state index contributed by atoms with van der Waals surface area (Å²) in [6.07, 6.45) is 3.98. The van der Waals surface area contributed by atoms with Crippen molar-refractivity contribution < 1.29 is 4.79 Å². The van der Waals surface area contributed by atoms with Gasteiger partial charge in [0.05, 0.1) is 0 Å². The molecule has 0 radical (unpaired) electrons. The molecule has 18 heavy (non-hydrogen) atoms. The van der Waals surface area contributed by atoms with Crippen molar-refractivity contribution in [2.24, 2.45) is 0 Å². The maximum absolute atomic E-state index is 11.6. The summed E-state index contributed by atoms with van der Waals surface area (Å²) < 4.78 is 0. The summed E-state index contributed by atoms with van der Waals surface area (Å²) in [7, 11) is 0. The van der Waals surface area contributed by atoms with Crippen LogP contribution in [0.4, 0.5) is 0 Å². The zero-order valence-electron chi connectivity index (χ0n) is 10.6. The maximum atomic E-state index is 11.6. The van der Waals surface area contributed by atoms with Crippen molar-refractivity contribution in [2.75, 3.05) is 6.54 Å². The number of likely N-dealkylation sites (tertiary alicyclic amines) is 1. The van der Waals surface area contributed by atoms with Crippen LogP contribution in [0.5, 0.6) is 0 Å². The Morgan fingerprint density at radius 3 is 2.89 bits per heavy atom. The monoisotopic (exact) mass is 244 g/mol. The van der Waals surface area contributed by atoms with Gasteiger partial charge < -0.3 is 5.32 Å². The highest BCUT2D eigenvalue weighted by atomic mass is 16.1. The molecule has 0 saturated carbocycles. The first-order chi connectivity index (χ1) is 8.83. The van der Waals surface area contributed by atoms with Gasteiger partial charge in [0.1, 0.15) is 0 Å². The van der Waals surface area contributed by atoms with Gasteiger partial charge in [-0.25, -0.2) is 0 Å². The van der Waals surface area contributed by atoms with E-state index in [0.717, 1.165) is 32.4 Å². The van der Waals surface area contributed by atoms with E-state index < -0.39 is 0 Å². The van der Waals surface area contributed by atoms with Crippen molar-refractivity contribution in [1.82, 2.24) is 10.2 Å². The number of amides is 1. The summed E-state index contributed by atoms with van der Waals surface area (Å²) in [5.74, 6) is 0.240. The smallest absolute Gasteiger partial charge is 0.220 e. The quantitative estimate of drug-likeness (QED) is 0.862. The lowest BCUT2D eigenvalue weighted by molar-refractivity contribution is -0.121. The summed E-state index contributed by atoms with van der Waals surface area (Å²) in [6.45, 7) is 2.11. The minimum Gasteiger partial charge on any atom is -0.352 e. The number of fused-ring (bicyclic) bond motifs is 1. The highest BCUT2D eigenvalue weighted by molar-refractivity contribution is 5.76. The first-order valence-electron chi connectivity index (χ1n) is 6.90. The third kappa shape index (κ3) is 2.41. The molecule has 0 aromatic heterocycles. The number of nitrogens with one attached hydrogen (secondary N) is 1. The summed E-state index contributed by atoms with van der Waals surface area (Å²) in [5.41, 5.74) is 1.37. The molecule has 2 fully saturated rings. The van der Waals surface area contributed by atoms with E-state index in [0.29, 0.717) is 18.5 Å². The predicted octanol–water partition coefficient (Wildman–Crippen LogP) is 1.93. The number of hydrogen-bond donors (Lipinski definition) is 1. The van der Waals surface area contributed by atoms with E-state index in [1.807, 2.05) is 0 Å². The topological polar surface area (TPSA) is 32.3 Å². The molecular weight excluding hydrogens is 224 g/mol. The summed E-state index contributed by atoms with van der Waals surface area (Å²) >= 11 is 0. The van der Waals surface area contributed by atoms with Gasteiger partial charge in [0.25, 0.3) is 0 Å². The van der Waals surface area contributed by atoms with E-state index in [1.54, 1.807) is 0 Å². The molecule has 2 atom stereocenters. The molecule has 0 aliphatic carbocycles. The van der Waals surface area contributed by atoms with Crippen LogP contribution in [0.25, 0.3) is 0 Å². The minimum atomic E-state index is 0.240. The Hall–Kier alpha value is -1.35. The Labute approximate surface area is 108 Å². The maximum Gasteiger partial charge on any atom is 0.220 e. The van der Waals surface area contributed by atoms with Gasteiger partial charge in [-0.2, -0.15) is 0 Å². The average molecular weight is 244 g/mol. The Bertz CT molecular complexity index is 418. The fraction of sp³-hybridized carbons (Fsp3) is 0.533. The van der Waals surface area contributed by atoms with Gasteiger partial charge in [-0.1, -0.05) is 30.3 Å². The summed E-state index contributed by atoms with van der Waals surface area (Å²) in [4.78, 5) is 14.1. The second kappa shape index (κ2) is 5.11. The molecule has 3 heteroatoms. The van der Waals surface area contributed by atoms with E-state index in [9.17, 15) is 4.79 Å². The van der Waals surface area contributed by atoms with Crippen molar-refractivity contribution in [3.8, 4) is 0 Å². The molecule has 1 aromatic rings. The molecule has 2 saturated heterocycles. The first-order valence-corrected chi connectivity index (χ1v) is 6.90. The standard InChI is InChI=1S/C15H20N2O/c18-15-8-4-7-14-13(16-15)9-10-17(14)11-12-5-2-1-3-6-12/h1-3,5-6,13-14H,4,7-11H2,(H,16,18). The van der Waals surface area contributed by atoms with Crippen molar-refractivity contribution in [3.05, 3.63) is 35.9 Å². The van der Waals surface area contributed by atoms with Crippen LogP contribution in [0.15, 0.2) is 30.3 Å². The third-order valence-corrected chi connectivity index (χ3v) is 4.14. The molecule has 3 rings (SSSR count). The van der Waals surface area contributed by atoms with Gasteiger partial charge in [-0.05, 0) is 24.8 Å². The molecule has 3 nitrogen and oxygen atoms in total. The molecule has 1 aromatic carbocycles. The van der Waals surface area contributed by atoms with Gasteiger partial charge in [0.2, 0.25) is 5.91 Å². The Balaban J connectivity index is 1.69. The largest absolute Gasteiger partial charge is 0.352 e. The fourth-order valence-corrected chi connectivity index (χ4v) is 3.23. The van der Waals surface area contributed by atoms with Crippen LogP contribution in [-0.4, -0.2) is 29.4 Å². The molecule has 2 aliphatic heterocycles. The van der Waals surface area contributed by atoms with Crippen molar-refractivity contribution in [2.45, 2.75) is 44.3 Å². The SMILES string of the molecule is O=C1CCCC2C(CCN2Cc2ccccc2)N1. The van der Waals surface area contributed by atoms with Crippen molar-refractivity contribution in [1.29, 1.82) is 0 Å². The van der Waals surface area contributed by atoms with Crippen LogP contribution in [0.2, 0.25) is 0 Å². The number of carbonyl (C=O) groups excluding carboxylic acids is 1. The number of hydrogen-bond acceptors (Lipinski definition) is 2. The Kier molecular flexibility index (Phi) is 3.33. The molecule has 1 amide bonds. The van der Waals surface area contributed by atoms with E-state index in [1.165, 1.54) is 5.56 Å². The van der Waals surface area contributed by atoms with E-state index in [4.69, 9.17) is 0 Å². The lowest BCUT2D eigenvalue weighted by Crippen LogP contribution is -2.42. The predicted molar refractivity (Wildman–Crippen MR) is 71.0 cm³/mol. The second-order valence-corrected chi connectivity index (χ2v) is 5.38. The Morgan fingerprint density at radius 2 is 2.06 bits per heavy atom. The molecule has 2 heterocycles. The van der Waals surface area contributed by atoms with Crippen molar-refractivity contribution >= 4 is 5.91 Å². The van der Waals surface area contributed by atoms with E-state index >= 15 is 0 Å². The highest BCUT2D eigenvalue weighted by Gasteiger charge is 2.36. The second-order valence-electron chi connectivity index (χ2n) is 5.38. The zero-order chi connectivity index (χ0) is 12.4. The number of nitrogens with zero attached hydrogens (tertiary/aromatic N) is 1. The molecule has 96 valence electrons. The Morgan fingerprint density at radius 1 is 1.22 bits per heavy atom. The van der Waals surface area contributed by atoms with E-state index in [-0.39, 0.29) is 5.91 Å². The zero-order valence-corrected chi connectivity index (χ0v) is 10.6. The molecule has 1 N–H and O–H groups in total. The van der Waals surface area contributed by atoms with Crippen LogP contribution in [0.1, 0.15) is 31.2 Å². The van der Waals surface area contributed by atoms with Crippen LogP contribution < -0.4 is 5.32 Å². The van der Waals surface area contributed by atoms with Gasteiger partial charge in [0, 0.05) is 31.6 Å². The van der Waals surface area contributed by atoms with Gasteiger partial charge in [-0.3, -0.25) is 9.69 Å². The third-order valence-electron chi connectivity index (χ3n) is 4.14. The van der Waals surface area contributed by atoms with Crippen LogP contribution in [0, 0.1) is 0 Å². The summed E-state index contributed by atoms with van der Waals surface area (Å²) in [6, 6.07) is 11.5. The highest BCUT2D eigenvalue weighted by Crippen LogP contribution is 2.26. The molecule has 0 bridgehead atoms. The first kappa shape index (κ1) is 11.7. The van der Waals surface area contributed by atoms with Gasteiger partial charge >= 0.3 is 0 Å². The van der Waals surface area contributed by atoms with Gasteiger partial charge in [-0.15, -0.1) is 0 Å². The van der Waals surface area contributed by atoms with Crippen LogP contribution in [0.3, 0.4) is 0 Å². The number of rotatable bonds is 2. The lowest BCUT2D eigenvalue weighted by Gasteiger charge is -2.26. The molecular formula is C15H20N2O. The number of carbonyl (C=O) groups is 1. The normalized spacial score (nSPS) is 28.6.